The van der Waals surface area contributed by atoms with Gasteiger partial charge in [0.1, 0.15) is 0 Å². The van der Waals surface area contributed by atoms with Crippen molar-refractivity contribution in [2.45, 2.75) is 26.9 Å². The molecule has 0 amide bonds. The quantitative estimate of drug-likeness (QED) is 0.125. The Morgan fingerprint density at radius 3 is 1.20 bits per heavy atom. The van der Waals surface area contributed by atoms with Crippen LogP contribution in [0.1, 0.15) is 11.1 Å². The molecule has 0 heterocycles. The molecule has 0 aromatic heterocycles. The van der Waals surface area contributed by atoms with Crippen LogP contribution in [0.2, 0.25) is 13.1 Å². The first kappa shape index (κ1) is 36.6. The van der Waals surface area contributed by atoms with Crippen LogP contribution >= 0.6 is 0 Å². The van der Waals surface area contributed by atoms with Crippen molar-refractivity contribution in [2.75, 3.05) is 0 Å². The molecule has 0 aliphatic rings. The first-order valence-electron chi connectivity index (χ1n) is 14.9. The summed E-state index contributed by atoms with van der Waals surface area (Å²) in [6.07, 6.45) is 0. The minimum Gasteiger partial charge on any atom is -0.358 e. The molecule has 2 radical (unpaired) electrons. The van der Waals surface area contributed by atoms with Gasteiger partial charge in [0.25, 0.3) is 0 Å². The summed E-state index contributed by atoms with van der Waals surface area (Å²) in [5.74, 6) is 0. The van der Waals surface area contributed by atoms with Crippen LogP contribution in [0.25, 0.3) is 65.3 Å². The Hall–Kier alpha value is -3.84. The molecule has 46 heavy (non-hydrogen) atoms. The summed E-state index contributed by atoms with van der Waals surface area (Å²) in [4.78, 5) is 0. The van der Waals surface area contributed by atoms with Crippen LogP contribution in [-0.2, 0) is 26.2 Å². The average Bonchev–Trinajstić information content (AvgIpc) is 3.62. The van der Waals surface area contributed by atoms with Gasteiger partial charge in [-0.15, -0.1) is 69.1 Å². The zero-order valence-corrected chi connectivity index (χ0v) is 31.3. The monoisotopic (exact) mass is 688 g/mol. The molecule has 0 aliphatic carbocycles. The molecule has 0 saturated heterocycles. The summed E-state index contributed by atoms with van der Waals surface area (Å²) >= 11 is 0. The summed E-state index contributed by atoms with van der Waals surface area (Å²) in [7, 11) is 1.08. The molecule has 0 nitrogen and oxygen atoms in total. The van der Waals surface area contributed by atoms with E-state index in [4.69, 9.17) is 0 Å². The standard InChI is InChI=1S/2C20H15.C2H6Si.2CH3.Zr/c2*1-14-11-17-7-4-8-19(20(17)12-14)18-10-9-15-5-2-3-6-16(15)13-18;1-3-2;;;/h2*2-13H,1H3;1-2H3;2*1H3;/q2*-1;;2*-1;+4. The summed E-state index contributed by atoms with van der Waals surface area (Å²) in [6, 6.07) is 52.6. The Morgan fingerprint density at radius 2 is 0.804 bits per heavy atom. The summed E-state index contributed by atoms with van der Waals surface area (Å²) in [5, 5.41) is 10.5. The average molecular weight is 690 g/mol. The smallest absolute Gasteiger partial charge is 0.358 e. The van der Waals surface area contributed by atoms with Crippen LogP contribution in [0.5, 0.6) is 0 Å². The Kier molecular flexibility index (Phi) is 13.2. The number of aryl methyl sites for hydroxylation is 2. The fraction of sp³-hybridized carbons (Fsp3) is 0.0909. The van der Waals surface area contributed by atoms with E-state index >= 15 is 0 Å². The molecule has 0 spiro atoms. The zero-order valence-electron chi connectivity index (χ0n) is 27.9. The van der Waals surface area contributed by atoms with Gasteiger partial charge in [0.05, 0.1) is 0 Å². The Labute approximate surface area is 297 Å². The van der Waals surface area contributed by atoms with Crippen molar-refractivity contribution < 1.29 is 26.2 Å². The first-order valence-corrected chi connectivity index (χ1v) is 16.9. The van der Waals surface area contributed by atoms with Gasteiger partial charge < -0.3 is 14.9 Å². The predicted octanol–water partition coefficient (Wildman–Crippen LogP) is 13.1. The van der Waals surface area contributed by atoms with Crippen LogP contribution in [0.4, 0.5) is 0 Å². The molecule has 0 saturated carbocycles. The molecule has 0 N–H and O–H groups in total. The SMILES string of the molecule is C[Si]C.Cc1cc2c(-c3ccc4ccccc4c3)cccc2[cH-]1.Cc1cc2c(-c3ccc4ccccc4c3)cccc2[cH-]1.[CH3-].[CH3-].[Zr+4]. The van der Waals surface area contributed by atoms with Crippen molar-refractivity contribution in [2.24, 2.45) is 0 Å². The molecule has 0 bridgehead atoms. The molecule has 0 aliphatic heterocycles. The second-order valence-electron chi connectivity index (χ2n) is 11.3. The molecular weight excluding hydrogens is 648 g/mol. The fourth-order valence-electron chi connectivity index (χ4n) is 5.99. The van der Waals surface area contributed by atoms with Crippen LogP contribution in [0.3, 0.4) is 0 Å². The van der Waals surface area contributed by atoms with Gasteiger partial charge in [-0.3, -0.25) is 0 Å². The second-order valence-corrected chi connectivity index (χ2v) is 12.3. The minimum atomic E-state index is 0. The van der Waals surface area contributed by atoms with E-state index in [1.54, 1.807) is 0 Å². The van der Waals surface area contributed by atoms with Crippen molar-refractivity contribution >= 4 is 52.6 Å². The third-order valence-electron chi connectivity index (χ3n) is 7.91. The van der Waals surface area contributed by atoms with Gasteiger partial charge in [0.15, 0.2) is 0 Å². The van der Waals surface area contributed by atoms with Gasteiger partial charge in [0.2, 0.25) is 0 Å². The molecular formula is C44H42SiZr. The topological polar surface area (TPSA) is 0 Å². The van der Waals surface area contributed by atoms with Gasteiger partial charge in [-0.25, -0.2) is 0 Å². The van der Waals surface area contributed by atoms with Crippen LogP contribution in [-0.4, -0.2) is 9.52 Å². The van der Waals surface area contributed by atoms with Crippen molar-refractivity contribution in [3.05, 3.63) is 172 Å². The Morgan fingerprint density at radius 1 is 0.435 bits per heavy atom. The Bertz CT molecular complexity index is 2010. The molecule has 8 rings (SSSR count). The zero-order chi connectivity index (χ0) is 29.8. The molecule has 8 aromatic carbocycles. The number of hydrogen-bond donors (Lipinski definition) is 0. The predicted molar refractivity (Wildman–Crippen MR) is 205 cm³/mol. The maximum absolute atomic E-state index is 2.28. The van der Waals surface area contributed by atoms with Gasteiger partial charge in [-0.2, -0.15) is 12.1 Å². The number of rotatable bonds is 2. The van der Waals surface area contributed by atoms with E-state index in [2.05, 4.69) is 173 Å². The maximum Gasteiger partial charge on any atom is 4.00 e. The van der Waals surface area contributed by atoms with Crippen molar-refractivity contribution in [1.29, 1.82) is 0 Å². The van der Waals surface area contributed by atoms with E-state index in [9.17, 15) is 0 Å². The van der Waals surface area contributed by atoms with E-state index in [0.29, 0.717) is 0 Å². The molecule has 0 fully saturated rings. The minimum absolute atomic E-state index is 0. The molecule has 0 unspecified atom stereocenters. The van der Waals surface area contributed by atoms with Crippen LogP contribution in [0, 0.1) is 28.7 Å². The van der Waals surface area contributed by atoms with E-state index < -0.39 is 0 Å². The van der Waals surface area contributed by atoms with Crippen molar-refractivity contribution in [1.82, 2.24) is 0 Å². The summed E-state index contributed by atoms with van der Waals surface area (Å²) in [6.45, 7) is 8.62. The number of benzene rings is 6. The van der Waals surface area contributed by atoms with E-state index in [1.165, 1.54) is 76.5 Å². The van der Waals surface area contributed by atoms with Crippen LogP contribution in [0.15, 0.2) is 146 Å². The molecule has 8 aromatic rings. The van der Waals surface area contributed by atoms with E-state index in [0.717, 1.165) is 9.52 Å². The van der Waals surface area contributed by atoms with Gasteiger partial charge in [-0.1, -0.05) is 123 Å². The third kappa shape index (κ3) is 7.92. The maximum atomic E-state index is 2.28. The normalized spacial score (nSPS) is 10.2. The van der Waals surface area contributed by atoms with E-state index in [-0.39, 0.29) is 41.1 Å². The molecule has 226 valence electrons. The van der Waals surface area contributed by atoms with Crippen LogP contribution < -0.4 is 0 Å². The van der Waals surface area contributed by atoms with E-state index in [1.807, 2.05) is 0 Å². The van der Waals surface area contributed by atoms with Crippen molar-refractivity contribution in [3.8, 4) is 22.3 Å². The van der Waals surface area contributed by atoms with Crippen molar-refractivity contribution in [3.63, 3.8) is 0 Å². The molecule has 0 atom stereocenters. The number of hydrogen-bond acceptors (Lipinski definition) is 0. The Balaban J connectivity index is 0.000000218. The first-order chi connectivity index (χ1) is 21.0. The molecule has 2 heteroatoms. The summed E-state index contributed by atoms with van der Waals surface area (Å²) < 4.78 is 0. The largest absolute Gasteiger partial charge is 4.00 e. The fourth-order valence-corrected chi connectivity index (χ4v) is 5.99. The second kappa shape index (κ2) is 16.6. The van der Waals surface area contributed by atoms with Gasteiger partial charge in [0, 0.05) is 9.52 Å². The third-order valence-corrected chi connectivity index (χ3v) is 7.91. The van der Waals surface area contributed by atoms with Gasteiger partial charge >= 0.3 is 26.2 Å². The summed E-state index contributed by atoms with van der Waals surface area (Å²) in [5.41, 5.74) is 7.88. The van der Waals surface area contributed by atoms with Gasteiger partial charge in [-0.05, 0) is 44.8 Å². The number of fused-ring (bicyclic) bond motifs is 4.